The monoisotopic (exact) mass is 367 g/mol. The van der Waals surface area contributed by atoms with E-state index in [1.807, 2.05) is 0 Å². The molecule has 21 heavy (non-hydrogen) atoms. The van der Waals surface area contributed by atoms with E-state index in [1.54, 1.807) is 12.1 Å². The van der Waals surface area contributed by atoms with Crippen LogP contribution in [0.1, 0.15) is 5.69 Å². The van der Waals surface area contributed by atoms with Crippen molar-refractivity contribution in [3.63, 3.8) is 0 Å². The quantitative estimate of drug-likeness (QED) is 0.492. The summed E-state index contributed by atoms with van der Waals surface area (Å²) in [6, 6.07) is 2.87. The van der Waals surface area contributed by atoms with Gasteiger partial charge in [0.05, 0.1) is 0 Å². The summed E-state index contributed by atoms with van der Waals surface area (Å²) < 4.78 is 3.10. The lowest BCUT2D eigenvalue weighted by Gasteiger charge is -2.07. The number of H-pyrrole nitrogens is 1. The van der Waals surface area contributed by atoms with Crippen LogP contribution in [0, 0.1) is 12.3 Å². The minimum absolute atomic E-state index is 0.134. The summed E-state index contributed by atoms with van der Waals surface area (Å²) in [6.07, 6.45) is 5.32. The number of nitrogens with one attached hydrogen (secondary N) is 4. The number of halogens is 1. The van der Waals surface area contributed by atoms with Crippen LogP contribution in [0.25, 0.3) is 0 Å². The van der Waals surface area contributed by atoms with Gasteiger partial charge in [-0.2, -0.15) is 0 Å². The van der Waals surface area contributed by atoms with Crippen LogP contribution in [0.2, 0.25) is 0 Å². The van der Waals surface area contributed by atoms with Crippen LogP contribution < -0.4 is 21.5 Å². The summed E-state index contributed by atoms with van der Waals surface area (Å²) in [5.74, 6) is 2.43. The third-order valence-corrected chi connectivity index (χ3v) is 3.57. The lowest BCUT2D eigenvalue weighted by Crippen LogP contribution is -2.27. The highest BCUT2D eigenvalue weighted by Gasteiger charge is 2.13. The Morgan fingerprint density at radius 3 is 2.95 bits per heavy atom. The second kappa shape index (κ2) is 6.43. The van der Waals surface area contributed by atoms with Crippen molar-refractivity contribution in [1.82, 2.24) is 14.7 Å². The molecule has 2 aromatic heterocycles. The van der Waals surface area contributed by atoms with E-state index in [4.69, 9.17) is 6.42 Å². The minimum atomic E-state index is -0.484. The molecule has 0 atom stereocenters. The Labute approximate surface area is 132 Å². The van der Waals surface area contributed by atoms with Gasteiger partial charge in [-0.05, 0) is 39.6 Å². The van der Waals surface area contributed by atoms with Crippen molar-refractivity contribution < 1.29 is 4.79 Å². The molecule has 0 aliphatic rings. The number of pyridine rings is 1. The van der Waals surface area contributed by atoms with Crippen LogP contribution >= 0.6 is 27.5 Å². The van der Waals surface area contributed by atoms with Gasteiger partial charge >= 0.3 is 6.03 Å². The Kier molecular flexibility index (Phi) is 4.62. The molecule has 2 heterocycles. The normalized spacial score (nSPS) is 9.76. The van der Waals surface area contributed by atoms with E-state index >= 15 is 0 Å². The van der Waals surface area contributed by atoms with Gasteiger partial charge in [0.15, 0.2) is 0 Å². The van der Waals surface area contributed by atoms with E-state index < -0.39 is 11.6 Å². The molecule has 2 amide bonds. The summed E-state index contributed by atoms with van der Waals surface area (Å²) in [7, 11) is 1.46. The smallest absolute Gasteiger partial charge is 0.319 e. The molecule has 0 radical (unpaired) electrons. The number of carbonyl (C=O) groups is 1. The summed E-state index contributed by atoms with van der Waals surface area (Å²) in [6.45, 7) is 0. The highest BCUT2D eigenvalue weighted by atomic mass is 79.9. The zero-order valence-electron chi connectivity index (χ0n) is 10.8. The fourth-order valence-electron chi connectivity index (χ4n) is 1.45. The van der Waals surface area contributed by atoms with Crippen molar-refractivity contribution in [3.05, 3.63) is 32.8 Å². The van der Waals surface area contributed by atoms with Crippen LogP contribution in [0.3, 0.4) is 0 Å². The first-order valence-corrected chi connectivity index (χ1v) is 7.26. The van der Waals surface area contributed by atoms with E-state index in [2.05, 4.69) is 47.2 Å². The molecule has 0 spiro atoms. The van der Waals surface area contributed by atoms with Crippen LogP contribution in [-0.4, -0.2) is 22.4 Å². The van der Waals surface area contributed by atoms with Gasteiger partial charge in [-0.3, -0.25) is 9.17 Å². The Morgan fingerprint density at radius 1 is 1.52 bits per heavy atom. The first-order valence-electron chi connectivity index (χ1n) is 5.65. The number of carbonyl (C=O) groups excluding carboxylic acids is 1. The number of urea groups is 1. The maximum atomic E-state index is 11.7. The number of aromatic amines is 1. The molecule has 0 saturated carbocycles. The fourth-order valence-corrected chi connectivity index (χ4v) is 2.60. The number of aromatic nitrogens is 2. The fraction of sp³-hybridized carbons (Fsp3) is 0.0833. The number of amides is 2. The maximum absolute atomic E-state index is 11.7. The summed E-state index contributed by atoms with van der Waals surface area (Å²) in [4.78, 5) is 27.1. The van der Waals surface area contributed by atoms with E-state index in [1.165, 1.54) is 7.05 Å². The molecule has 0 fully saturated rings. The number of nitrogens with zero attached hydrogens (tertiary/aromatic N) is 1. The molecule has 0 aromatic carbocycles. The third-order valence-electron chi connectivity index (χ3n) is 2.37. The number of terminal acetylenes is 1. The number of anilines is 3. The van der Waals surface area contributed by atoms with Crippen molar-refractivity contribution in [2.24, 2.45) is 0 Å². The molecule has 0 aliphatic heterocycles. The number of rotatable bonds is 3. The Morgan fingerprint density at radius 2 is 2.29 bits per heavy atom. The molecule has 108 valence electrons. The van der Waals surface area contributed by atoms with Crippen LogP contribution in [-0.2, 0) is 0 Å². The number of hydrogen-bond donors (Lipinski definition) is 4. The molecule has 0 unspecified atom stereocenters. The molecule has 2 rings (SSSR count). The van der Waals surface area contributed by atoms with Gasteiger partial charge in [0, 0.05) is 12.7 Å². The average Bonchev–Trinajstić information content (AvgIpc) is 2.79. The van der Waals surface area contributed by atoms with Crippen molar-refractivity contribution in [3.8, 4) is 12.3 Å². The lowest BCUT2D eigenvalue weighted by molar-refractivity contribution is 0.254. The SMILES string of the molecule is C#Cc1cc(Nc2s[nH]c(=O)c2NC(=O)NC)cc(Br)n1. The van der Waals surface area contributed by atoms with E-state index in [0.717, 1.165) is 11.5 Å². The zero-order chi connectivity index (χ0) is 15.4. The molecular formula is C12H10BrN5O2S. The Hall–Kier alpha value is -2.31. The molecule has 7 nitrogen and oxygen atoms in total. The first kappa shape index (κ1) is 15.1. The molecule has 9 heteroatoms. The highest BCUT2D eigenvalue weighted by molar-refractivity contribution is 9.10. The van der Waals surface area contributed by atoms with Gasteiger partial charge in [0.2, 0.25) is 0 Å². The Balaban J connectivity index is 2.32. The van der Waals surface area contributed by atoms with Gasteiger partial charge < -0.3 is 16.0 Å². The molecule has 0 aliphatic carbocycles. The van der Waals surface area contributed by atoms with Crippen LogP contribution in [0.5, 0.6) is 0 Å². The molecule has 0 saturated heterocycles. The van der Waals surface area contributed by atoms with Gasteiger partial charge in [-0.25, -0.2) is 9.78 Å². The van der Waals surface area contributed by atoms with Crippen molar-refractivity contribution in [2.75, 3.05) is 17.7 Å². The summed E-state index contributed by atoms with van der Waals surface area (Å²) >= 11 is 4.31. The van der Waals surface area contributed by atoms with E-state index in [0.29, 0.717) is 21.0 Å². The number of hydrogen-bond acceptors (Lipinski definition) is 5. The third kappa shape index (κ3) is 3.62. The second-order valence-electron chi connectivity index (χ2n) is 3.77. The van der Waals surface area contributed by atoms with E-state index in [9.17, 15) is 9.59 Å². The van der Waals surface area contributed by atoms with Gasteiger partial charge in [0.25, 0.3) is 5.56 Å². The van der Waals surface area contributed by atoms with Crippen molar-refractivity contribution in [2.45, 2.75) is 0 Å². The summed E-state index contributed by atoms with van der Waals surface area (Å²) in [5, 5.41) is 8.32. The van der Waals surface area contributed by atoms with E-state index in [-0.39, 0.29) is 5.69 Å². The lowest BCUT2D eigenvalue weighted by atomic mass is 10.3. The molecule has 4 N–H and O–H groups in total. The van der Waals surface area contributed by atoms with Crippen molar-refractivity contribution >= 4 is 49.9 Å². The predicted molar refractivity (Wildman–Crippen MR) is 86.2 cm³/mol. The molecular weight excluding hydrogens is 358 g/mol. The Bertz CT molecular complexity index is 777. The van der Waals surface area contributed by atoms with Crippen molar-refractivity contribution in [1.29, 1.82) is 0 Å². The highest BCUT2D eigenvalue weighted by Crippen LogP contribution is 2.27. The zero-order valence-corrected chi connectivity index (χ0v) is 13.2. The van der Waals surface area contributed by atoms with Gasteiger partial charge in [-0.1, -0.05) is 5.92 Å². The first-order chi connectivity index (χ1) is 10.0. The molecule has 0 bridgehead atoms. The molecule has 2 aromatic rings. The second-order valence-corrected chi connectivity index (χ2v) is 5.40. The minimum Gasteiger partial charge on any atom is -0.344 e. The standard InChI is InChI=1S/C12H10BrN5O2S/c1-3-6-4-7(5-8(13)15-6)16-11-9(10(19)18-21-11)17-12(20)14-2/h1,4-5H,2H3,(H,15,16)(H,18,19)(H2,14,17,20). The average molecular weight is 368 g/mol. The van der Waals surface area contributed by atoms with Crippen LogP contribution in [0.15, 0.2) is 21.5 Å². The predicted octanol–water partition coefficient (Wildman–Crippen LogP) is 2.07. The topological polar surface area (TPSA) is 98.9 Å². The van der Waals surface area contributed by atoms with Gasteiger partial charge in [0.1, 0.15) is 21.0 Å². The van der Waals surface area contributed by atoms with Crippen LogP contribution in [0.4, 0.5) is 21.2 Å². The summed E-state index contributed by atoms with van der Waals surface area (Å²) in [5.41, 5.74) is 0.821. The largest absolute Gasteiger partial charge is 0.344 e. The maximum Gasteiger partial charge on any atom is 0.319 e. The van der Waals surface area contributed by atoms with Gasteiger partial charge in [-0.15, -0.1) is 6.42 Å².